The smallest absolute Gasteiger partial charge is 0.303 e. The molecule has 0 bridgehead atoms. The van der Waals surface area contributed by atoms with Crippen molar-refractivity contribution in [2.75, 3.05) is 0 Å². The maximum Gasteiger partial charge on any atom is 0.303 e. The highest BCUT2D eigenvalue weighted by Gasteiger charge is 2.28. The minimum Gasteiger partial charge on any atom is -0.481 e. The second-order valence-corrected chi connectivity index (χ2v) is 6.68. The molecule has 0 aromatic rings. The molecule has 2 atom stereocenters. The van der Waals surface area contributed by atoms with Gasteiger partial charge in [0.2, 0.25) is 6.04 Å². The Morgan fingerprint density at radius 2 is 1.42 bits per heavy atom. The molecular formula is C18H35NO5. The van der Waals surface area contributed by atoms with E-state index in [2.05, 4.69) is 6.92 Å². The Labute approximate surface area is 145 Å². The average molecular weight is 345 g/mol. The lowest BCUT2D eigenvalue weighted by atomic mass is 9.98. The lowest BCUT2D eigenvalue weighted by molar-refractivity contribution is -0.535. The number of carboxylic acids is 1. The Hall–Kier alpha value is -1.17. The van der Waals surface area contributed by atoms with E-state index in [0.717, 1.165) is 44.9 Å². The van der Waals surface area contributed by atoms with E-state index in [4.69, 9.17) is 5.11 Å². The number of hydrogen-bond donors (Lipinski definition) is 2. The summed E-state index contributed by atoms with van der Waals surface area (Å²) in [5.41, 5.74) is 0. The molecular weight excluding hydrogens is 310 g/mol. The molecule has 2 unspecified atom stereocenters. The molecule has 0 aliphatic rings. The molecule has 0 aliphatic carbocycles. The molecule has 0 heterocycles. The normalized spacial score (nSPS) is 13.6. The molecule has 2 N–H and O–H groups in total. The van der Waals surface area contributed by atoms with Crippen LogP contribution in [0.4, 0.5) is 0 Å². The van der Waals surface area contributed by atoms with Gasteiger partial charge in [0.05, 0.1) is 0 Å². The zero-order chi connectivity index (χ0) is 18.2. The Bertz CT molecular complexity index is 335. The summed E-state index contributed by atoms with van der Waals surface area (Å²) < 4.78 is 0. The highest BCUT2D eigenvalue weighted by Crippen LogP contribution is 2.17. The monoisotopic (exact) mass is 345 g/mol. The van der Waals surface area contributed by atoms with Crippen molar-refractivity contribution < 1.29 is 19.9 Å². The molecule has 0 aliphatic heterocycles. The molecule has 0 saturated heterocycles. The number of carbonyl (C=O) groups is 1. The first-order chi connectivity index (χ1) is 11.5. The summed E-state index contributed by atoms with van der Waals surface area (Å²) >= 11 is 0. The summed E-state index contributed by atoms with van der Waals surface area (Å²) in [6.07, 6.45) is 10.9. The van der Waals surface area contributed by atoms with E-state index in [1.54, 1.807) is 0 Å². The molecule has 0 radical (unpaired) electrons. The minimum atomic E-state index is -0.866. The zero-order valence-electron chi connectivity index (χ0n) is 15.1. The predicted octanol–water partition coefficient (Wildman–Crippen LogP) is 4.56. The number of rotatable bonds is 17. The highest BCUT2D eigenvalue weighted by atomic mass is 16.6. The van der Waals surface area contributed by atoms with Crippen molar-refractivity contribution >= 4 is 5.97 Å². The molecule has 0 spiro atoms. The fourth-order valence-corrected chi connectivity index (χ4v) is 2.92. The summed E-state index contributed by atoms with van der Waals surface area (Å²) in [5.74, 6) is -0.769. The van der Waals surface area contributed by atoms with Crippen LogP contribution in [-0.4, -0.2) is 33.3 Å². The van der Waals surface area contributed by atoms with Gasteiger partial charge in [-0.1, -0.05) is 64.7 Å². The fraction of sp³-hybridized carbons (Fsp3) is 0.944. The molecule has 0 fully saturated rings. The van der Waals surface area contributed by atoms with Crippen LogP contribution in [-0.2, 0) is 4.79 Å². The summed E-state index contributed by atoms with van der Waals surface area (Å²) in [5, 5.41) is 29.7. The molecule has 142 valence electrons. The van der Waals surface area contributed by atoms with Crippen molar-refractivity contribution in [1.29, 1.82) is 0 Å². The lowest BCUT2D eigenvalue weighted by Crippen LogP contribution is -2.33. The molecule has 6 heteroatoms. The first-order valence-electron chi connectivity index (χ1n) is 9.52. The van der Waals surface area contributed by atoms with E-state index in [-0.39, 0.29) is 11.3 Å². The first-order valence-corrected chi connectivity index (χ1v) is 9.52. The van der Waals surface area contributed by atoms with Crippen LogP contribution in [0.3, 0.4) is 0 Å². The Morgan fingerprint density at radius 1 is 0.917 bits per heavy atom. The van der Waals surface area contributed by atoms with Gasteiger partial charge in [0.15, 0.2) is 0 Å². The highest BCUT2D eigenvalue weighted by molar-refractivity contribution is 5.66. The summed E-state index contributed by atoms with van der Waals surface area (Å²) in [4.78, 5) is 21.2. The molecule has 0 amide bonds. The van der Waals surface area contributed by atoms with E-state index in [1.165, 1.54) is 19.3 Å². The van der Waals surface area contributed by atoms with Gasteiger partial charge in [-0.2, -0.15) is 0 Å². The average Bonchev–Trinajstić information content (AvgIpc) is 2.52. The van der Waals surface area contributed by atoms with Crippen molar-refractivity contribution in [2.24, 2.45) is 0 Å². The van der Waals surface area contributed by atoms with Gasteiger partial charge in [-0.25, -0.2) is 0 Å². The van der Waals surface area contributed by atoms with Gasteiger partial charge in [-0.3, -0.25) is 14.9 Å². The number of aliphatic hydroxyl groups is 1. The van der Waals surface area contributed by atoms with Gasteiger partial charge >= 0.3 is 5.97 Å². The van der Waals surface area contributed by atoms with Gasteiger partial charge in [0.1, 0.15) is 6.10 Å². The third-order valence-corrected chi connectivity index (χ3v) is 4.46. The van der Waals surface area contributed by atoms with Crippen LogP contribution in [0.1, 0.15) is 96.8 Å². The van der Waals surface area contributed by atoms with Crippen molar-refractivity contribution in [1.82, 2.24) is 0 Å². The third kappa shape index (κ3) is 13.3. The number of unbranched alkanes of at least 4 members (excludes halogenated alkanes) is 9. The van der Waals surface area contributed by atoms with Gasteiger partial charge in [-0.15, -0.1) is 0 Å². The molecule has 0 aromatic heterocycles. The van der Waals surface area contributed by atoms with Crippen molar-refractivity contribution in [2.45, 2.75) is 109 Å². The van der Waals surface area contributed by atoms with Crippen molar-refractivity contribution in [3.8, 4) is 0 Å². The first kappa shape index (κ1) is 22.8. The van der Waals surface area contributed by atoms with E-state index in [1.807, 2.05) is 0 Å². The van der Waals surface area contributed by atoms with E-state index in [9.17, 15) is 20.0 Å². The van der Waals surface area contributed by atoms with Crippen LogP contribution < -0.4 is 0 Å². The summed E-state index contributed by atoms with van der Waals surface area (Å²) in [6.45, 7) is 2.16. The topological polar surface area (TPSA) is 101 Å². The van der Waals surface area contributed by atoms with Crippen LogP contribution in [0.15, 0.2) is 0 Å². The Morgan fingerprint density at radius 3 is 1.96 bits per heavy atom. The number of aliphatic hydroxyl groups excluding tert-OH is 1. The number of hydrogen-bond acceptors (Lipinski definition) is 4. The van der Waals surface area contributed by atoms with Crippen LogP contribution in [0.2, 0.25) is 0 Å². The zero-order valence-corrected chi connectivity index (χ0v) is 15.1. The third-order valence-electron chi connectivity index (χ3n) is 4.46. The van der Waals surface area contributed by atoms with Gasteiger partial charge in [0.25, 0.3) is 0 Å². The molecule has 6 nitrogen and oxygen atoms in total. The maximum atomic E-state index is 11.1. The largest absolute Gasteiger partial charge is 0.481 e. The van der Waals surface area contributed by atoms with E-state index in [0.29, 0.717) is 19.3 Å². The summed E-state index contributed by atoms with van der Waals surface area (Å²) in [7, 11) is 0. The summed E-state index contributed by atoms with van der Waals surface area (Å²) in [6, 6.07) is -0.844. The standard InChI is InChI=1S/C18H35NO5/c1-2-3-4-5-7-10-13-16(19(23)24)17(20)14-11-8-6-9-12-15-18(21)22/h16-17,20H,2-15H2,1H3,(H,21,22). The Balaban J connectivity index is 3.77. The van der Waals surface area contributed by atoms with Crippen molar-refractivity contribution in [3.63, 3.8) is 0 Å². The second-order valence-electron chi connectivity index (χ2n) is 6.68. The van der Waals surface area contributed by atoms with Gasteiger partial charge in [-0.05, 0) is 19.3 Å². The number of nitrogens with zero attached hydrogens (tertiary/aromatic N) is 1. The van der Waals surface area contributed by atoms with Crippen molar-refractivity contribution in [3.05, 3.63) is 10.1 Å². The van der Waals surface area contributed by atoms with E-state index >= 15 is 0 Å². The van der Waals surface area contributed by atoms with E-state index < -0.39 is 18.1 Å². The van der Waals surface area contributed by atoms with Gasteiger partial charge < -0.3 is 10.2 Å². The molecule has 24 heavy (non-hydrogen) atoms. The Kier molecular flexibility index (Phi) is 14.6. The van der Waals surface area contributed by atoms with Crippen LogP contribution in [0, 0.1) is 10.1 Å². The maximum absolute atomic E-state index is 11.1. The molecule has 0 aromatic carbocycles. The van der Waals surface area contributed by atoms with Gasteiger partial charge in [0, 0.05) is 17.8 Å². The number of nitro groups is 1. The molecule has 0 saturated carbocycles. The number of aliphatic carboxylic acids is 1. The minimum absolute atomic E-state index is 0.199. The van der Waals surface area contributed by atoms with Crippen LogP contribution >= 0.6 is 0 Å². The van der Waals surface area contributed by atoms with Crippen LogP contribution in [0.25, 0.3) is 0 Å². The SMILES string of the molecule is CCCCCCCCC(C(O)CCCCCCCC(=O)O)[N+](=O)[O-]. The lowest BCUT2D eigenvalue weighted by Gasteiger charge is -2.16. The fourth-order valence-electron chi connectivity index (χ4n) is 2.92. The second kappa shape index (κ2) is 15.4. The number of carboxylic acid groups (broad SMARTS) is 1. The molecule has 0 rings (SSSR count). The predicted molar refractivity (Wildman–Crippen MR) is 94.7 cm³/mol. The quantitative estimate of drug-likeness (QED) is 0.229. The van der Waals surface area contributed by atoms with Crippen LogP contribution in [0.5, 0.6) is 0 Å².